The predicted molar refractivity (Wildman–Crippen MR) is 103 cm³/mol. The van der Waals surface area contributed by atoms with Crippen LogP contribution in [0.4, 0.5) is 17.3 Å². The highest BCUT2D eigenvalue weighted by Gasteiger charge is 2.32. The summed E-state index contributed by atoms with van der Waals surface area (Å²) < 4.78 is 0. The van der Waals surface area contributed by atoms with Gasteiger partial charge in [0.1, 0.15) is 6.33 Å². The van der Waals surface area contributed by atoms with Crippen LogP contribution >= 0.6 is 0 Å². The minimum absolute atomic E-state index is 0.00582. The summed E-state index contributed by atoms with van der Waals surface area (Å²) in [6.07, 6.45) is 5.64. The minimum atomic E-state index is -0.340. The highest BCUT2D eigenvalue weighted by atomic mass is 16.6. The molecule has 1 atom stereocenters. The summed E-state index contributed by atoms with van der Waals surface area (Å²) in [5, 5.41) is 11.9. The first-order valence-corrected chi connectivity index (χ1v) is 9.13. The molecule has 1 fully saturated rings. The predicted octanol–water partition coefficient (Wildman–Crippen LogP) is 3.79. The molecule has 7 heteroatoms. The molecule has 0 N–H and O–H groups in total. The maximum atomic E-state index is 11.9. The molecule has 0 aliphatic carbocycles. The van der Waals surface area contributed by atoms with Gasteiger partial charge in [-0.2, -0.15) is 0 Å². The Labute approximate surface area is 153 Å². The Morgan fingerprint density at radius 1 is 1.27 bits per heavy atom. The summed E-state index contributed by atoms with van der Waals surface area (Å²) in [4.78, 5) is 24.1. The molecular formula is C19H25N5O2. The van der Waals surface area contributed by atoms with Gasteiger partial charge in [-0.1, -0.05) is 37.3 Å². The normalized spacial score (nSPS) is 17.2. The van der Waals surface area contributed by atoms with E-state index in [9.17, 15) is 10.1 Å². The first kappa shape index (κ1) is 18.1. The number of piperidine rings is 1. The summed E-state index contributed by atoms with van der Waals surface area (Å²) in [7, 11) is 1.83. The Morgan fingerprint density at radius 2 is 2.04 bits per heavy atom. The van der Waals surface area contributed by atoms with Crippen LogP contribution in [0.5, 0.6) is 0 Å². The van der Waals surface area contributed by atoms with Crippen molar-refractivity contribution < 1.29 is 4.92 Å². The van der Waals surface area contributed by atoms with Crippen molar-refractivity contribution >= 4 is 17.3 Å². The Kier molecular flexibility index (Phi) is 5.65. The lowest BCUT2D eigenvalue weighted by Crippen LogP contribution is -2.40. The summed E-state index contributed by atoms with van der Waals surface area (Å²) in [5.41, 5.74) is 1.08. The largest absolute Gasteiger partial charge is 0.353 e. The molecule has 0 spiro atoms. The van der Waals surface area contributed by atoms with Gasteiger partial charge in [0.15, 0.2) is 0 Å². The number of hydrogen-bond donors (Lipinski definition) is 0. The number of nitro groups is 1. The van der Waals surface area contributed by atoms with Crippen molar-refractivity contribution in [3.63, 3.8) is 0 Å². The van der Waals surface area contributed by atoms with Crippen LogP contribution in [0.3, 0.4) is 0 Å². The van der Waals surface area contributed by atoms with Crippen molar-refractivity contribution in [2.75, 3.05) is 23.4 Å². The van der Waals surface area contributed by atoms with E-state index in [0.29, 0.717) is 24.2 Å². The van der Waals surface area contributed by atoms with Gasteiger partial charge in [0.2, 0.25) is 11.6 Å². The quantitative estimate of drug-likeness (QED) is 0.580. The van der Waals surface area contributed by atoms with Crippen molar-refractivity contribution in [1.29, 1.82) is 0 Å². The fourth-order valence-corrected chi connectivity index (χ4v) is 3.65. The van der Waals surface area contributed by atoms with Crippen LogP contribution in [-0.2, 0) is 6.54 Å². The summed E-state index contributed by atoms with van der Waals surface area (Å²) in [6, 6.07) is 10.2. The Hall–Kier alpha value is -2.70. The molecule has 138 valence electrons. The maximum absolute atomic E-state index is 11.9. The zero-order chi connectivity index (χ0) is 18.5. The molecule has 7 nitrogen and oxygen atoms in total. The van der Waals surface area contributed by atoms with Crippen molar-refractivity contribution in [3.8, 4) is 0 Å². The first-order valence-electron chi connectivity index (χ1n) is 9.13. The fourth-order valence-electron chi connectivity index (χ4n) is 3.65. The van der Waals surface area contributed by atoms with E-state index in [1.807, 2.05) is 42.3 Å². The number of rotatable bonds is 6. The van der Waals surface area contributed by atoms with Gasteiger partial charge < -0.3 is 9.80 Å². The van der Waals surface area contributed by atoms with E-state index < -0.39 is 0 Å². The average Bonchev–Trinajstić information content (AvgIpc) is 2.68. The summed E-state index contributed by atoms with van der Waals surface area (Å²) in [5.74, 6) is 0.816. The topological polar surface area (TPSA) is 75.4 Å². The molecule has 1 unspecified atom stereocenters. The molecule has 2 heterocycles. The molecule has 1 aromatic heterocycles. The van der Waals surface area contributed by atoms with Gasteiger partial charge in [0.25, 0.3) is 0 Å². The van der Waals surface area contributed by atoms with Gasteiger partial charge in [-0.25, -0.2) is 9.97 Å². The third kappa shape index (κ3) is 3.76. The van der Waals surface area contributed by atoms with Crippen LogP contribution in [0.2, 0.25) is 0 Å². The monoisotopic (exact) mass is 355 g/mol. The zero-order valence-electron chi connectivity index (χ0n) is 15.3. The highest BCUT2D eigenvalue weighted by Crippen LogP contribution is 2.37. The molecule has 3 rings (SSSR count). The van der Waals surface area contributed by atoms with Crippen LogP contribution in [0.15, 0.2) is 36.7 Å². The van der Waals surface area contributed by atoms with Crippen molar-refractivity contribution in [3.05, 3.63) is 52.3 Å². The maximum Gasteiger partial charge on any atom is 0.353 e. The van der Waals surface area contributed by atoms with E-state index in [2.05, 4.69) is 21.8 Å². The molecule has 1 aliphatic heterocycles. The van der Waals surface area contributed by atoms with Gasteiger partial charge in [0, 0.05) is 26.2 Å². The second-order valence-corrected chi connectivity index (χ2v) is 6.72. The van der Waals surface area contributed by atoms with Crippen LogP contribution < -0.4 is 9.80 Å². The van der Waals surface area contributed by atoms with Crippen LogP contribution in [0.1, 0.15) is 38.2 Å². The van der Waals surface area contributed by atoms with E-state index in [1.165, 1.54) is 6.33 Å². The van der Waals surface area contributed by atoms with Gasteiger partial charge >= 0.3 is 5.69 Å². The Bertz CT molecular complexity index is 753. The molecule has 26 heavy (non-hydrogen) atoms. The number of nitrogens with zero attached hydrogens (tertiary/aromatic N) is 5. The smallest absolute Gasteiger partial charge is 0.349 e. The van der Waals surface area contributed by atoms with E-state index >= 15 is 0 Å². The molecule has 0 amide bonds. The fraction of sp³-hybridized carbons (Fsp3) is 0.474. The molecule has 0 bridgehead atoms. The van der Waals surface area contributed by atoms with E-state index in [4.69, 9.17) is 0 Å². The van der Waals surface area contributed by atoms with E-state index in [0.717, 1.165) is 37.8 Å². The number of anilines is 2. The van der Waals surface area contributed by atoms with E-state index in [1.54, 1.807) is 0 Å². The van der Waals surface area contributed by atoms with Gasteiger partial charge in [-0.3, -0.25) is 10.1 Å². The Balaban J connectivity index is 1.97. The summed E-state index contributed by atoms with van der Waals surface area (Å²) in [6.45, 7) is 3.48. The lowest BCUT2D eigenvalue weighted by molar-refractivity contribution is -0.383. The molecule has 1 aromatic carbocycles. The minimum Gasteiger partial charge on any atom is -0.349 e. The molecular weight excluding hydrogens is 330 g/mol. The lowest BCUT2D eigenvalue weighted by Gasteiger charge is -2.36. The average molecular weight is 355 g/mol. The van der Waals surface area contributed by atoms with Crippen molar-refractivity contribution in [1.82, 2.24) is 9.97 Å². The summed E-state index contributed by atoms with van der Waals surface area (Å²) >= 11 is 0. The molecule has 0 saturated carbocycles. The molecule has 0 radical (unpaired) electrons. The SMILES string of the molecule is CCC1CCCCN1c1ncnc(N(C)Cc2ccccc2)c1[N+](=O)[O-]. The van der Waals surface area contributed by atoms with Crippen LogP contribution in [0, 0.1) is 10.1 Å². The van der Waals surface area contributed by atoms with Gasteiger partial charge in [0.05, 0.1) is 4.92 Å². The Morgan fingerprint density at radius 3 is 2.73 bits per heavy atom. The number of benzene rings is 1. The highest BCUT2D eigenvalue weighted by molar-refractivity contribution is 5.71. The van der Waals surface area contributed by atoms with Crippen molar-refractivity contribution in [2.45, 2.75) is 45.2 Å². The van der Waals surface area contributed by atoms with Gasteiger partial charge in [-0.15, -0.1) is 0 Å². The third-order valence-electron chi connectivity index (χ3n) is 4.96. The van der Waals surface area contributed by atoms with Crippen LogP contribution in [0.25, 0.3) is 0 Å². The standard InChI is InChI=1S/C19H25N5O2/c1-3-16-11-7-8-12-23(16)19-17(24(25)26)18(20-14-21-19)22(2)13-15-9-5-4-6-10-15/h4-6,9-10,14,16H,3,7-8,11-13H2,1-2H3. The number of aromatic nitrogens is 2. The van der Waals surface area contributed by atoms with Crippen LogP contribution in [-0.4, -0.2) is 34.5 Å². The molecule has 1 aliphatic rings. The second kappa shape index (κ2) is 8.12. The zero-order valence-corrected chi connectivity index (χ0v) is 15.3. The number of hydrogen-bond acceptors (Lipinski definition) is 6. The second-order valence-electron chi connectivity index (χ2n) is 6.72. The third-order valence-corrected chi connectivity index (χ3v) is 4.96. The first-order chi connectivity index (χ1) is 12.6. The molecule has 2 aromatic rings. The van der Waals surface area contributed by atoms with Crippen molar-refractivity contribution in [2.24, 2.45) is 0 Å². The lowest BCUT2D eigenvalue weighted by atomic mass is 10.00. The van der Waals surface area contributed by atoms with Gasteiger partial charge in [-0.05, 0) is 31.2 Å². The molecule has 1 saturated heterocycles. The van der Waals surface area contributed by atoms with E-state index in [-0.39, 0.29) is 10.6 Å².